The van der Waals surface area contributed by atoms with Crippen LogP contribution in [-0.4, -0.2) is 41.3 Å². The maximum Gasteiger partial charge on any atom is 0.114 e. The van der Waals surface area contributed by atoms with Crippen molar-refractivity contribution in [1.29, 1.82) is 0 Å². The van der Waals surface area contributed by atoms with E-state index in [2.05, 4.69) is 15.9 Å². The Balaban J connectivity index is 2.06. The van der Waals surface area contributed by atoms with Crippen LogP contribution in [0.2, 0.25) is 0 Å². The molecule has 0 fully saturated rings. The average molecular weight is 263 g/mol. The lowest BCUT2D eigenvalue weighted by atomic mass is 9.91. The molecule has 0 aromatic carbocycles. The topological polar surface area (TPSA) is 48.7 Å². The molecule has 0 unspecified atom stereocenters. The van der Waals surface area contributed by atoms with Gasteiger partial charge in [0.15, 0.2) is 0 Å². The molecule has 5 heteroatoms. The third-order valence-corrected chi connectivity index (χ3v) is 3.84. The van der Waals surface area contributed by atoms with Crippen molar-refractivity contribution in [3.8, 4) is 12.3 Å². The number of terminal acetylenes is 1. The average Bonchev–Trinajstić information content (AvgIpc) is 2.79. The van der Waals surface area contributed by atoms with Gasteiger partial charge in [0.2, 0.25) is 0 Å². The third kappa shape index (κ3) is 2.96. The molecule has 0 radical (unpaired) electrons. The Morgan fingerprint density at radius 1 is 1.67 bits per heavy atom. The zero-order valence-corrected chi connectivity index (χ0v) is 11.3. The van der Waals surface area contributed by atoms with Crippen LogP contribution in [0.5, 0.6) is 0 Å². The summed E-state index contributed by atoms with van der Waals surface area (Å²) in [4.78, 5) is 10.7. The summed E-state index contributed by atoms with van der Waals surface area (Å²) in [7, 11) is 1.96. The Morgan fingerprint density at radius 3 is 3.17 bits per heavy atom. The van der Waals surface area contributed by atoms with Gasteiger partial charge in [0.1, 0.15) is 10.6 Å². The summed E-state index contributed by atoms with van der Waals surface area (Å²) in [5.74, 6) is 2.60. The maximum atomic E-state index is 10.5. The van der Waals surface area contributed by atoms with Crippen molar-refractivity contribution in [3.63, 3.8) is 0 Å². The van der Waals surface area contributed by atoms with Gasteiger partial charge < -0.3 is 5.11 Å². The fourth-order valence-electron chi connectivity index (χ4n) is 1.93. The van der Waals surface area contributed by atoms with Gasteiger partial charge in [0.05, 0.1) is 18.8 Å². The molecule has 1 N–H and O–H groups in total. The zero-order valence-electron chi connectivity index (χ0n) is 10.5. The Bertz CT molecular complexity index is 477. The predicted molar refractivity (Wildman–Crippen MR) is 73.8 cm³/mol. The van der Waals surface area contributed by atoms with Crippen molar-refractivity contribution >= 4 is 17.6 Å². The molecule has 1 aliphatic heterocycles. The highest BCUT2D eigenvalue weighted by Crippen LogP contribution is 2.31. The minimum atomic E-state index is -0.832. The number of thiazole rings is 1. The first-order chi connectivity index (χ1) is 8.64. The summed E-state index contributed by atoms with van der Waals surface area (Å²) in [5, 5.41) is 13.4. The number of nitrogens with zero attached hydrogens (tertiary/aromatic N) is 3. The molecule has 1 aromatic rings. The summed E-state index contributed by atoms with van der Waals surface area (Å²) in [5.41, 5.74) is -0.0657. The van der Waals surface area contributed by atoms with Crippen molar-refractivity contribution in [2.24, 2.45) is 4.99 Å². The largest absolute Gasteiger partial charge is 0.383 e. The molecule has 2 heterocycles. The normalized spacial score (nSPS) is 23.2. The van der Waals surface area contributed by atoms with E-state index in [1.54, 1.807) is 17.6 Å². The van der Waals surface area contributed by atoms with Crippen LogP contribution < -0.4 is 0 Å². The SMILES string of the molecule is C#CCN(C)Cc1nc([C@@]2(O)CC=NCC2)cs1. The highest BCUT2D eigenvalue weighted by molar-refractivity contribution is 7.09. The van der Waals surface area contributed by atoms with Gasteiger partial charge in [-0.05, 0) is 7.05 Å². The molecule has 0 saturated carbocycles. The van der Waals surface area contributed by atoms with Gasteiger partial charge in [-0.1, -0.05) is 5.92 Å². The minimum absolute atomic E-state index is 0.552. The van der Waals surface area contributed by atoms with Gasteiger partial charge in [0.25, 0.3) is 0 Å². The van der Waals surface area contributed by atoms with E-state index in [0.717, 1.165) is 17.2 Å². The molecular formula is C13H17N3OS. The number of rotatable bonds is 4. The molecule has 0 bridgehead atoms. The van der Waals surface area contributed by atoms with Crippen LogP contribution in [0.3, 0.4) is 0 Å². The monoisotopic (exact) mass is 263 g/mol. The Hall–Kier alpha value is -1.22. The second-order valence-corrected chi connectivity index (χ2v) is 5.52. The smallest absolute Gasteiger partial charge is 0.114 e. The quantitative estimate of drug-likeness (QED) is 0.832. The van der Waals surface area contributed by atoms with Crippen molar-refractivity contribution in [2.45, 2.75) is 25.0 Å². The van der Waals surface area contributed by atoms with Crippen LogP contribution in [0.15, 0.2) is 10.4 Å². The summed E-state index contributed by atoms with van der Waals surface area (Å²) >= 11 is 1.57. The van der Waals surface area contributed by atoms with E-state index in [9.17, 15) is 5.11 Å². The van der Waals surface area contributed by atoms with Gasteiger partial charge in [-0.3, -0.25) is 9.89 Å². The molecule has 1 aliphatic rings. The highest BCUT2D eigenvalue weighted by Gasteiger charge is 2.32. The predicted octanol–water partition coefficient (Wildman–Crippen LogP) is 1.26. The van der Waals surface area contributed by atoms with Crippen molar-refractivity contribution in [1.82, 2.24) is 9.88 Å². The Morgan fingerprint density at radius 2 is 2.50 bits per heavy atom. The molecule has 4 nitrogen and oxygen atoms in total. The number of aromatic nitrogens is 1. The first-order valence-corrected chi connectivity index (χ1v) is 6.79. The van der Waals surface area contributed by atoms with Crippen LogP contribution in [0.1, 0.15) is 23.5 Å². The number of aliphatic imine (C=N–C) groups is 1. The van der Waals surface area contributed by atoms with Crippen LogP contribution in [-0.2, 0) is 12.1 Å². The molecular weight excluding hydrogens is 246 g/mol. The molecule has 0 amide bonds. The van der Waals surface area contributed by atoms with Crippen molar-refractivity contribution < 1.29 is 5.11 Å². The molecule has 2 rings (SSSR count). The number of aliphatic hydroxyl groups is 1. The molecule has 1 atom stereocenters. The van der Waals surface area contributed by atoms with E-state index < -0.39 is 5.60 Å². The van der Waals surface area contributed by atoms with Crippen LogP contribution >= 0.6 is 11.3 Å². The lowest BCUT2D eigenvalue weighted by Gasteiger charge is -2.26. The third-order valence-electron chi connectivity index (χ3n) is 3.01. The van der Waals surface area contributed by atoms with Crippen LogP contribution in [0.25, 0.3) is 0 Å². The van der Waals surface area contributed by atoms with E-state index >= 15 is 0 Å². The van der Waals surface area contributed by atoms with E-state index in [1.807, 2.05) is 17.3 Å². The molecule has 0 spiro atoms. The second-order valence-electron chi connectivity index (χ2n) is 4.58. The Kier molecular flexibility index (Phi) is 4.12. The molecule has 0 aliphatic carbocycles. The fourth-order valence-corrected chi connectivity index (χ4v) is 2.90. The molecule has 18 heavy (non-hydrogen) atoms. The molecule has 0 saturated heterocycles. The summed E-state index contributed by atoms with van der Waals surface area (Å²) < 4.78 is 0. The molecule has 96 valence electrons. The van der Waals surface area contributed by atoms with Crippen LogP contribution in [0.4, 0.5) is 0 Å². The van der Waals surface area contributed by atoms with Gasteiger partial charge in [0, 0.05) is 31.0 Å². The first-order valence-electron chi connectivity index (χ1n) is 5.91. The van der Waals surface area contributed by atoms with E-state index in [1.165, 1.54) is 0 Å². The first kappa shape index (κ1) is 13.2. The van der Waals surface area contributed by atoms with Gasteiger partial charge in [-0.25, -0.2) is 4.98 Å². The van der Waals surface area contributed by atoms with Gasteiger partial charge in [-0.2, -0.15) is 0 Å². The van der Waals surface area contributed by atoms with E-state index in [4.69, 9.17) is 6.42 Å². The van der Waals surface area contributed by atoms with E-state index in [0.29, 0.717) is 25.9 Å². The zero-order chi connectivity index (χ0) is 13.0. The maximum absolute atomic E-state index is 10.5. The lowest BCUT2D eigenvalue weighted by molar-refractivity contribution is 0.0311. The standard InChI is InChI=1S/C13H17N3OS/c1-3-8-16(2)9-12-15-11(10-18-12)13(17)4-6-14-7-5-13/h1,6,10,17H,4-5,7-9H2,2H3/t13-/m1/s1. The van der Waals surface area contributed by atoms with Crippen molar-refractivity contribution in [3.05, 3.63) is 16.1 Å². The summed E-state index contributed by atoms with van der Waals surface area (Å²) in [6, 6.07) is 0. The highest BCUT2D eigenvalue weighted by atomic mass is 32.1. The Labute approximate surface area is 111 Å². The summed E-state index contributed by atoms with van der Waals surface area (Å²) in [6.07, 6.45) is 8.25. The minimum Gasteiger partial charge on any atom is -0.383 e. The number of hydrogen-bond donors (Lipinski definition) is 1. The van der Waals surface area contributed by atoms with Crippen LogP contribution in [0, 0.1) is 12.3 Å². The van der Waals surface area contributed by atoms with E-state index in [-0.39, 0.29) is 0 Å². The number of hydrogen-bond acceptors (Lipinski definition) is 5. The van der Waals surface area contributed by atoms with Crippen molar-refractivity contribution in [2.75, 3.05) is 20.1 Å². The molecule has 1 aromatic heterocycles. The summed E-state index contributed by atoms with van der Waals surface area (Å²) in [6.45, 7) is 1.99. The lowest BCUT2D eigenvalue weighted by Crippen LogP contribution is -2.30. The van der Waals surface area contributed by atoms with Gasteiger partial charge >= 0.3 is 0 Å². The second kappa shape index (κ2) is 5.61. The van der Waals surface area contributed by atoms with Gasteiger partial charge in [-0.15, -0.1) is 17.8 Å². The fraction of sp³-hybridized carbons (Fsp3) is 0.538.